The maximum absolute atomic E-state index is 12.3. The second-order valence-corrected chi connectivity index (χ2v) is 6.05. The molecule has 0 atom stereocenters. The van der Waals surface area contributed by atoms with Gasteiger partial charge in [0, 0.05) is 24.0 Å². The number of rotatable bonds is 4. The maximum atomic E-state index is 12.3. The molecule has 0 spiro atoms. The topological polar surface area (TPSA) is 83.1 Å². The summed E-state index contributed by atoms with van der Waals surface area (Å²) in [6.07, 6.45) is 1.47. The number of nitrogens with zero attached hydrogens (tertiary/aromatic N) is 1. The lowest BCUT2D eigenvalue weighted by Crippen LogP contribution is -2.34. The van der Waals surface area contributed by atoms with Gasteiger partial charge >= 0.3 is 6.03 Å². The lowest BCUT2D eigenvalue weighted by molar-refractivity contribution is 0.102. The Bertz CT molecular complexity index is 745. The van der Waals surface area contributed by atoms with Crippen molar-refractivity contribution in [2.24, 2.45) is 0 Å². The Kier molecular flexibility index (Phi) is 6.00. The number of anilines is 2. The van der Waals surface area contributed by atoms with Crippen LogP contribution >= 0.6 is 23.2 Å². The van der Waals surface area contributed by atoms with Gasteiger partial charge in [0.2, 0.25) is 0 Å². The van der Waals surface area contributed by atoms with Gasteiger partial charge in [0.05, 0.1) is 15.6 Å². The van der Waals surface area contributed by atoms with E-state index in [0.717, 1.165) is 0 Å². The predicted molar refractivity (Wildman–Crippen MR) is 95.9 cm³/mol. The summed E-state index contributed by atoms with van der Waals surface area (Å²) in [6, 6.07) is 7.56. The molecule has 0 aliphatic heterocycles. The number of benzene rings is 1. The third-order valence-corrected chi connectivity index (χ3v) is 3.50. The maximum Gasteiger partial charge on any atom is 0.320 e. The van der Waals surface area contributed by atoms with Gasteiger partial charge in [-0.2, -0.15) is 0 Å². The van der Waals surface area contributed by atoms with Gasteiger partial charge in [0.1, 0.15) is 5.82 Å². The van der Waals surface area contributed by atoms with Crippen LogP contribution in [0.15, 0.2) is 36.5 Å². The summed E-state index contributed by atoms with van der Waals surface area (Å²) < 4.78 is 0. The Labute approximate surface area is 149 Å². The Hall–Kier alpha value is -2.31. The van der Waals surface area contributed by atoms with Gasteiger partial charge in [-0.25, -0.2) is 9.78 Å². The molecule has 126 valence electrons. The normalized spacial score (nSPS) is 10.4. The van der Waals surface area contributed by atoms with Crippen molar-refractivity contribution in [3.05, 3.63) is 52.1 Å². The molecule has 6 nitrogen and oxygen atoms in total. The molecule has 0 radical (unpaired) electrons. The van der Waals surface area contributed by atoms with E-state index in [-0.39, 0.29) is 27.7 Å². The highest BCUT2D eigenvalue weighted by Gasteiger charge is 2.15. The molecule has 2 rings (SSSR count). The minimum atomic E-state index is -0.450. The zero-order valence-electron chi connectivity index (χ0n) is 13.1. The molecule has 1 aromatic carbocycles. The van der Waals surface area contributed by atoms with E-state index in [1.165, 1.54) is 12.3 Å². The molecular formula is C16H16Cl2N4O2. The molecule has 0 aliphatic rings. The van der Waals surface area contributed by atoms with Crippen molar-refractivity contribution in [3.63, 3.8) is 0 Å². The first-order chi connectivity index (χ1) is 11.4. The van der Waals surface area contributed by atoms with Crippen LogP contribution in [0.25, 0.3) is 0 Å². The number of urea groups is 1. The monoisotopic (exact) mass is 366 g/mol. The van der Waals surface area contributed by atoms with Crippen LogP contribution in [0, 0.1) is 0 Å². The van der Waals surface area contributed by atoms with Crippen molar-refractivity contribution in [1.29, 1.82) is 0 Å². The SMILES string of the molecule is CC(C)NC(=O)Nc1cc(NC(=O)c2c(Cl)cccc2Cl)ccn1. The van der Waals surface area contributed by atoms with E-state index in [1.807, 2.05) is 13.8 Å². The van der Waals surface area contributed by atoms with Gasteiger partial charge in [-0.1, -0.05) is 29.3 Å². The first-order valence-corrected chi connectivity index (χ1v) is 7.91. The van der Waals surface area contributed by atoms with E-state index >= 15 is 0 Å². The van der Waals surface area contributed by atoms with Gasteiger partial charge in [0.25, 0.3) is 5.91 Å². The molecule has 0 fully saturated rings. The van der Waals surface area contributed by atoms with E-state index in [4.69, 9.17) is 23.2 Å². The largest absolute Gasteiger partial charge is 0.336 e. The van der Waals surface area contributed by atoms with Gasteiger partial charge < -0.3 is 10.6 Å². The molecule has 0 saturated heterocycles. The molecule has 8 heteroatoms. The van der Waals surface area contributed by atoms with E-state index in [2.05, 4.69) is 20.9 Å². The molecule has 24 heavy (non-hydrogen) atoms. The second kappa shape index (κ2) is 7.99. The van der Waals surface area contributed by atoms with Crippen molar-refractivity contribution in [1.82, 2.24) is 10.3 Å². The molecular weight excluding hydrogens is 351 g/mol. The van der Waals surface area contributed by atoms with Gasteiger partial charge in [0.15, 0.2) is 0 Å². The first kappa shape index (κ1) is 18.0. The number of carbonyl (C=O) groups is 2. The fourth-order valence-corrected chi connectivity index (χ4v) is 2.47. The van der Waals surface area contributed by atoms with Crippen molar-refractivity contribution in [2.75, 3.05) is 10.6 Å². The van der Waals surface area contributed by atoms with Crippen molar-refractivity contribution in [2.45, 2.75) is 19.9 Å². The van der Waals surface area contributed by atoms with Gasteiger partial charge in [-0.3, -0.25) is 10.1 Å². The third-order valence-electron chi connectivity index (χ3n) is 2.87. The average Bonchev–Trinajstić information content (AvgIpc) is 2.46. The molecule has 3 N–H and O–H groups in total. The van der Waals surface area contributed by atoms with Crippen LogP contribution in [0.2, 0.25) is 10.0 Å². The summed E-state index contributed by atoms with van der Waals surface area (Å²) in [5, 5.41) is 8.45. The number of carbonyl (C=O) groups excluding carboxylic acids is 2. The van der Waals surface area contributed by atoms with Crippen LogP contribution in [-0.2, 0) is 0 Å². The van der Waals surface area contributed by atoms with E-state index in [9.17, 15) is 9.59 Å². The zero-order chi connectivity index (χ0) is 17.7. The fraction of sp³-hybridized carbons (Fsp3) is 0.188. The average molecular weight is 367 g/mol. The number of amides is 3. The Morgan fingerprint density at radius 3 is 2.38 bits per heavy atom. The Morgan fingerprint density at radius 2 is 1.75 bits per heavy atom. The molecule has 1 aromatic heterocycles. The number of hydrogen-bond donors (Lipinski definition) is 3. The molecule has 0 aliphatic carbocycles. The molecule has 0 saturated carbocycles. The van der Waals surface area contributed by atoms with Crippen LogP contribution < -0.4 is 16.0 Å². The number of hydrogen-bond acceptors (Lipinski definition) is 3. The van der Waals surface area contributed by atoms with Crippen molar-refractivity contribution >= 4 is 46.6 Å². The molecule has 1 heterocycles. The highest BCUT2D eigenvalue weighted by molar-refractivity contribution is 6.40. The van der Waals surface area contributed by atoms with Crippen LogP contribution in [0.5, 0.6) is 0 Å². The van der Waals surface area contributed by atoms with Crippen molar-refractivity contribution < 1.29 is 9.59 Å². The quantitative estimate of drug-likeness (QED) is 0.758. The molecule has 3 amide bonds. The lowest BCUT2D eigenvalue weighted by atomic mass is 10.2. The predicted octanol–water partition coefficient (Wildman–Crippen LogP) is 4.17. The van der Waals surface area contributed by atoms with Crippen LogP contribution in [0.1, 0.15) is 24.2 Å². The summed E-state index contributed by atoms with van der Waals surface area (Å²) >= 11 is 12.0. The zero-order valence-corrected chi connectivity index (χ0v) is 14.6. The Morgan fingerprint density at radius 1 is 1.08 bits per heavy atom. The summed E-state index contributed by atoms with van der Waals surface area (Å²) in [7, 11) is 0. The number of aromatic nitrogens is 1. The first-order valence-electron chi connectivity index (χ1n) is 7.15. The summed E-state index contributed by atoms with van der Waals surface area (Å²) in [4.78, 5) is 28.0. The summed E-state index contributed by atoms with van der Waals surface area (Å²) in [6.45, 7) is 3.69. The number of halogens is 2. The van der Waals surface area contributed by atoms with Crippen LogP contribution in [0.4, 0.5) is 16.3 Å². The van der Waals surface area contributed by atoms with Crippen molar-refractivity contribution in [3.8, 4) is 0 Å². The summed E-state index contributed by atoms with van der Waals surface area (Å²) in [5.74, 6) is -0.148. The van der Waals surface area contributed by atoms with E-state index < -0.39 is 5.91 Å². The van der Waals surface area contributed by atoms with Crippen LogP contribution in [0.3, 0.4) is 0 Å². The number of pyridine rings is 1. The smallest absolute Gasteiger partial charge is 0.320 e. The van der Waals surface area contributed by atoms with Gasteiger partial charge in [-0.15, -0.1) is 0 Å². The highest BCUT2D eigenvalue weighted by atomic mass is 35.5. The third kappa shape index (κ3) is 4.84. The highest BCUT2D eigenvalue weighted by Crippen LogP contribution is 2.25. The standard InChI is InChI=1S/C16H16Cl2N4O2/c1-9(2)20-16(24)22-13-8-10(6-7-19-13)21-15(23)14-11(17)4-3-5-12(14)18/h3-9H,1-2H3,(H3,19,20,21,22,23,24). The molecule has 0 unspecified atom stereocenters. The Balaban J connectivity index is 2.12. The fourth-order valence-electron chi connectivity index (χ4n) is 1.90. The lowest BCUT2D eigenvalue weighted by Gasteiger charge is -2.11. The summed E-state index contributed by atoms with van der Waals surface area (Å²) in [5.41, 5.74) is 0.635. The van der Waals surface area contributed by atoms with E-state index in [0.29, 0.717) is 11.5 Å². The van der Waals surface area contributed by atoms with Gasteiger partial charge in [-0.05, 0) is 32.0 Å². The molecule has 2 aromatic rings. The second-order valence-electron chi connectivity index (χ2n) is 5.23. The van der Waals surface area contributed by atoms with Crippen LogP contribution in [-0.4, -0.2) is 23.0 Å². The minimum absolute atomic E-state index is 0.00440. The molecule has 0 bridgehead atoms. The minimum Gasteiger partial charge on any atom is -0.336 e. The number of nitrogens with one attached hydrogen (secondary N) is 3. The van der Waals surface area contributed by atoms with E-state index in [1.54, 1.807) is 24.3 Å².